The van der Waals surface area contributed by atoms with E-state index in [1.54, 1.807) is 12.1 Å². The Balaban J connectivity index is 1.58. The molecule has 0 bridgehead atoms. The van der Waals surface area contributed by atoms with Crippen LogP contribution < -0.4 is 15.5 Å². The molecule has 3 amide bonds. The maximum atomic E-state index is 14.1. The average molecular weight is 597 g/mol. The van der Waals surface area contributed by atoms with Gasteiger partial charge >= 0.3 is 0 Å². The minimum absolute atomic E-state index is 0.0365. The number of ether oxygens (including phenoxy) is 1. The zero-order valence-electron chi connectivity index (χ0n) is 22.8. The Morgan fingerprint density at radius 1 is 1.23 bits per heavy atom. The first-order chi connectivity index (χ1) is 18.9. The second-order valence-electron chi connectivity index (χ2n) is 11.3. The summed E-state index contributed by atoms with van der Waals surface area (Å²) in [7, 11) is 0. The van der Waals surface area contributed by atoms with Gasteiger partial charge in [-0.05, 0) is 48.6 Å². The van der Waals surface area contributed by atoms with E-state index in [-0.39, 0.29) is 60.6 Å². The van der Waals surface area contributed by atoms with Gasteiger partial charge in [0.05, 0.1) is 21.5 Å². The van der Waals surface area contributed by atoms with Crippen molar-refractivity contribution in [2.24, 2.45) is 5.41 Å². The quantitative estimate of drug-likeness (QED) is 0.386. The summed E-state index contributed by atoms with van der Waals surface area (Å²) in [6, 6.07) is 6.86. The van der Waals surface area contributed by atoms with E-state index >= 15 is 0 Å². The van der Waals surface area contributed by atoms with Crippen LogP contribution in [0.15, 0.2) is 30.3 Å². The number of anilines is 2. The number of nitrogens with one attached hydrogen (secondary N) is 2. The van der Waals surface area contributed by atoms with E-state index in [0.29, 0.717) is 15.8 Å². The first-order valence-corrected chi connectivity index (χ1v) is 14.5. The molecular weight excluding hydrogens is 562 g/mol. The summed E-state index contributed by atoms with van der Waals surface area (Å²) in [5.74, 6) is -1.14. The number of amides is 3. The van der Waals surface area contributed by atoms with Gasteiger partial charge in [0.15, 0.2) is 0 Å². The van der Waals surface area contributed by atoms with Crippen molar-refractivity contribution < 1.29 is 27.9 Å². The topological polar surface area (TPSA) is 91.0 Å². The predicted octanol–water partition coefficient (Wildman–Crippen LogP) is 5.34. The van der Waals surface area contributed by atoms with Crippen molar-refractivity contribution in [3.63, 3.8) is 0 Å². The molecule has 1 saturated heterocycles. The third-order valence-corrected chi connectivity index (χ3v) is 8.19. The molecule has 8 nitrogen and oxygen atoms in total. The monoisotopic (exact) mass is 596 g/mol. The molecule has 2 aliphatic rings. The zero-order chi connectivity index (χ0) is 29.0. The van der Waals surface area contributed by atoms with E-state index in [0.717, 1.165) is 30.6 Å². The molecule has 1 aliphatic heterocycles. The maximum absolute atomic E-state index is 14.1. The molecule has 218 valence electrons. The van der Waals surface area contributed by atoms with Crippen molar-refractivity contribution in [1.82, 2.24) is 10.2 Å². The molecular formula is C28H35ClF2N4O4S. The number of carbonyl (C=O) groups excluding carboxylic acids is 3. The third kappa shape index (κ3) is 7.57. The molecule has 40 heavy (non-hydrogen) atoms. The van der Waals surface area contributed by atoms with Crippen LogP contribution in [-0.4, -0.2) is 67.6 Å². The Hall–Kier alpha value is -2.60. The highest BCUT2D eigenvalue weighted by Crippen LogP contribution is 2.34. The summed E-state index contributed by atoms with van der Waals surface area (Å²) in [6.07, 6.45) is 0.0693. The van der Waals surface area contributed by atoms with Crippen LogP contribution in [0, 0.1) is 5.41 Å². The number of hydrogen-bond acceptors (Lipinski definition) is 6. The van der Waals surface area contributed by atoms with Gasteiger partial charge in [0.2, 0.25) is 5.91 Å². The number of benzene rings is 1. The number of carbonyl (C=O) groups is 3. The van der Waals surface area contributed by atoms with Gasteiger partial charge in [-0.15, -0.1) is 11.3 Å². The number of hydrogen-bond donors (Lipinski definition) is 2. The fourth-order valence-corrected chi connectivity index (χ4v) is 5.84. The SMILES string of the molecule is CC(C)(C)CN(C1CCC1)[C@H](CNC(=O)c1ccc(Cl)s1)C(=O)Nc1ccc(N2CCOCC2=O)c(C(F)F)c1. The van der Waals surface area contributed by atoms with Gasteiger partial charge in [-0.1, -0.05) is 38.8 Å². The first-order valence-electron chi connectivity index (χ1n) is 13.3. The van der Waals surface area contributed by atoms with E-state index in [1.807, 2.05) is 0 Å². The van der Waals surface area contributed by atoms with Crippen LogP contribution in [0.3, 0.4) is 0 Å². The van der Waals surface area contributed by atoms with Crippen molar-refractivity contribution in [1.29, 1.82) is 0 Å². The highest BCUT2D eigenvalue weighted by molar-refractivity contribution is 7.18. The van der Waals surface area contributed by atoms with Crippen LogP contribution in [0.2, 0.25) is 4.34 Å². The van der Waals surface area contributed by atoms with Gasteiger partial charge in [0.25, 0.3) is 18.2 Å². The van der Waals surface area contributed by atoms with Gasteiger partial charge in [0, 0.05) is 36.9 Å². The van der Waals surface area contributed by atoms with Crippen molar-refractivity contribution in [2.45, 2.75) is 58.5 Å². The second kappa shape index (κ2) is 12.9. The van der Waals surface area contributed by atoms with E-state index < -0.39 is 24.3 Å². The summed E-state index contributed by atoms with van der Waals surface area (Å²) in [4.78, 5) is 42.7. The summed E-state index contributed by atoms with van der Waals surface area (Å²) in [6.45, 7) is 7.15. The number of rotatable bonds is 10. The molecule has 0 radical (unpaired) electrons. The third-order valence-electron chi connectivity index (χ3n) is 6.96. The Morgan fingerprint density at radius 2 is 1.98 bits per heavy atom. The minimum atomic E-state index is -2.86. The van der Waals surface area contributed by atoms with Crippen LogP contribution in [0.5, 0.6) is 0 Å². The lowest BCUT2D eigenvalue weighted by Crippen LogP contribution is -2.58. The molecule has 1 aromatic heterocycles. The standard InChI is InChI=1S/C28H35ClF2N4O4S/c1-28(2,3)16-35(18-5-4-6-18)21(14-32-27(38)22-9-10-23(29)40-22)26(37)33-17-7-8-20(19(13-17)25(30)31)34-11-12-39-15-24(34)36/h7-10,13,18,21,25H,4-6,11-12,14-16H2,1-3H3,(H,32,38)(H,33,37)/t21-/m1/s1. The molecule has 0 spiro atoms. The van der Waals surface area contributed by atoms with Crippen LogP contribution in [-0.2, 0) is 14.3 Å². The van der Waals surface area contributed by atoms with Crippen LogP contribution in [0.4, 0.5) is 20.2 Å². The van der Waals surface area contributed by atoms with Gasteiger partial charge in [-0.25, -0.2) is 8.78 Å². The highest BCUT2D eigenvalue weighted by Gasteiger charge is 2.37. The molecule has 1 saturated carbocycles. The fraction of sp³-hybridized carbons (Fsp3) is 0.536. The number of morpholine rings is 1. The predicted molar refractivity (Wildman–Crippen MR) is 152 cm³/mol. The molecule has 12 heteroatoms. The summed E-state index contributed by atoms with van der Waals surface area (Å²) in [5.41, 5.74) is -0.189. The highest BCUT2D eigenvalue weighted by atomic mass is 35.5. The van der Waals surface area contributed by atoms with Gasteiger partial charge in [-0.2, -0.15) is 0 Å². The number of thiophene rings is 1. The average Bonchev–Trinajstić information content (AvgIpc) is 3.28. The van der Waals surface area contributed by atoms with E-state index in [9.17, 15) is 23.2 Å². The molecule has 2 fully saturated rings. The molecule has 1 atom stereocenters. The molecule has 2 N–H and O–H groups in total. The fourth-order valence-electron chi connectivity index (χ4n) is 4.88. The van der Waals surface area contributed by atoms with Crippen LogP contribution in [0.25, 0.3) is 0 Å². The number of halogens is 3. The normalized spacial score (nSPS) is 17.2. The molecule has 1 aliphatic carbocycles. The van der Waals surface area contributed by atoms with Gasteiger partial charge in [-0.3, -0.25) is 19.3 Å². The smallest absolute Gasteiger partial charge is 0.265 e. The first kappa shape index (κ1) is 30.4. The Bertz CT molecular complexity index is 1230. The van der Waals surface area contributed by atoms with Gasteiger partial charge in [0.1, 0.15) is 12.6 Å². The Labute approximate surface area is 242 Å². The lowest BCUT2D eigenvalue weighted by Gasteiger charge is -2.44. The molecule has 2 heterocycles. The Morgan fingerprint density at radius 3 is 2.55 bits per heavy atom. The molecule has 4 rings (SSSR count). The Kier molecular flexibility index (Phi) is 9.81. The van der Waals surface area contributed by atoms with Crippen molar-refractivity contribution >= 4 is 52.0 Å². The van der Waals surface area contributed by atoms with Crippen molar-refractivity contribution in [3.05, 3.63) is 45.1 Å². The lowest BCUT2D eigenvalue weighted by atomic mass is 9.86. The summed E-state index contributed by atoms with van der Waals surface area (Å²) in [5, 5.41) is 5.67. The lowest BCUT2D eigenvalue weighted by molar-refractivity contribution is -0.126. The molecule has 1 aromatic carbocycles. The zero-order valence-corrected chi connectivity index (χ0v) is 24.4. The number of nitrogens with zero attached hydrogens (tertiary/aromatic N) is 2. The van der Waals surface area contributed by atoms with E-state index in [1.165, 1.54) is 23.1 Å². The number of alkyl halides is 2. The van der Waals surface area contributed by atoms with Crippen LogP contribution in [0.1, 0.15) is 61.7 Å². The van der Waals surface area contributed by atoms with Gasteiger partial charge < -0.3 is 20.3 Å². The maximum Gasteiger partial charge on any atom is 0.265 e. The molecule has 2 aromatic rings. The van der Waals surface area contributed by atoms with Crippen LogP contribution >= 0.6 is 22.9 Å². The van der Waals surface area contributed by atoms with Crippen molar-refractivity contribution in [2.75, 3.05) is 43.1 Å². The summed E-state index contributed by atoms with van der Waals surface area (Å²) >= 11 is 7.14. The minimum Gasteiger partial charge on any atom is -0.370 e. The van der Waals surface area contributed by atoms with Crippen molar-refractivity contribution in [3.8, 4) is 0 Å². The van der Waals surface area contributed by atoms with E-state index in [4.69, 9.17) is 16.3 Å². The second-order valence-corrected chi connectivity index (χ2v) is 13.0. The summed E-state index contributed by atoms with van der Waals surface area (Å²) < 4.78 is 33.8. The largest absolute Gasteiger partial charge is 0.370 e. The van der Waals surface area contributed by atoms with E-state index in [2.05, 4.69) is 36.3 Å². The molecule has 0 unspecified atom stereocenters.